The lowest BCUT2D eigenvalue weighted by atomic mass is 10.1. The second kappa shape index (κ2) is 3.82. The number of hydrogen-bond acceptors (Lipinski definition) is 1. The average molecular weight is 243 g/mol. The van der Waals surface area contributed by atoms with E-state index in [-0.39, 0.29) is 0 Å². The number of benzene rings is 1. The number of halogens is 5. The molecule has 0 amide bonds. The van der Waals surface area contributed by atoms with Gasteiger partial charge in [0, 0.05) is 5.56 Å². The zero-order chi connectivity index (χ0) is 11.0. The lowest BCUT2D eigenvalue weighted by Gasteiger charge is -2.06. The molecule has 0 saturated heterocycles. The van der Waals surface area contributed by atoms with Crippen molar-refractivity contribution in [3.63, 3.8) is 0 Å². The minimum Gasteiger partial charge on any atom is -0.203 e. The van der Waals surface area contributed by atoms with Crippen molar-refractivity contribution in [1.29, 1.82) is 0 Å². The molecule has 6 heteroatoms. The summed E-state index contributed by atoms with van der Waals surface area (Å²) in [6.07, 6.45) is 0. The van der Waals surface area contributed by atoms with Crippen LogP contribution in [0.3, 0.4) is 0 Å². The molecule has 0 spiro atoms. The number of thiocarbonyl (C=S) groups is 1. The van der Waals surface area contributed by atoms with Gasteiger partial charge in [-0.25, -0.2) is 17.6 Å². The van der Waals surface area contributed by atoms with E-state index in [2.05, 4.69) is 12.2 Å². The standard InChI is InChI=1S/C8H3ClF4S/c1-2-4(10)6(12)3(8(9)14)7(13)5(2)11/h1H3. The summed E-state index contributed by atoms with van der Waals surface area (Å²) in [6, 6.07) is 0. The third kappa shape index (κ3) is 1.62. The van der Waals surface area contributed by atoms with Gasteiger partial charge in [-0.1, -0.05) is 23.8 Å². The first-order valence-corrected chi connectivity index (χ1v) is 4.19. The Morgan fingerprint density at radius 1 is 1.00 bits per heavy atom. The van der Waals surface area contributed by atoms with Crippen LogP contribution < -0.4 is 0 Å². The van der Waals surface area contributed by atoms with E-state index in [0.717, 1.165) is 6.92 Å². The van der Waals surface area contributed by atoms with Crippen LogP contribution in [0.15, 0.2) is 0 Å². The molecule has 0 aliphatic rings. The first-order valence-electron chi connectivity index (χ1n) is 3.40. The van der Waals surface area contributed by atoms with Crippen molar-refractivity contribution in [2.75, 3.05) is 0 Å². The Morgan fingerprint density at radius 3 is 1.64 bits per heavy atom. The highest BCUT2D eigenvalue weighted by Gasteiger charge is 2.24. The summed E-state index contributed by atoms with van der Waals surface area (Å²) in [4.78, 5) is 0. The van der Waals surface area contributed by atoms with Crippen molar-refractivity contribution in [2.24, 2.45) is 0 Å². The number of rotatable bonds is 1. The van der Waals surface area contributed by atoms with Crippen molar-refractivity contribution >= 4 is 28.1 Å². The van der Waals surface area contributed by atoms with E-state index in [0.29, 0.717) is 0 Å². The predicted octanol–water partition coefficient (Wildman–Crippen LogP) is 3.47. The van der Waals surface area contributed by atoms with Crippen LogP contribution in [0, 0.1) is 30.2 Å². The fraction of sp³-hybridized carbons (Fsp3) is 0.125. The lowest BCUT2D eigenvalue weighted by Crippen LogP contribution is -2.07. The number of hydrogen-bond donors (Lipinski definition) is 0. The molecule has 0 heterocycles. The van der Waals surface area contributed by atoms with Gasteiger partial charge >= 0.3 is 0 Å². The molecule has 0 N–H and O–H groups in total. The van der Waals surface area contributed by atoms with E-state index in [1.54, 1.807) is 0 Å². The summed E-state index contributed by atoms with van der Waals surface area (Å²) in [7, 11) is 0. The summed E-state index contributed by atoms with van der Waals surface area (Å²) < 4.78 is 51.0. The fourth-order valence-corrected chi connectivity index (χ4v) is 1.26. The van der Waals surface area contributed by atoms with E-state index < -0.39 is 38.7 Å². The maximum absolute atomic E-state index is 13.0. The van der Waals surface area contributed by atoms with Crippen LogP contribution in [-0.4, -0.2) is 4.32 Å². The molecule has 76 valence electrons. The van der Waals surface area contributed by atoms with E-state index in [1.807, 2.05) is 0 Å². The minimum absolute atomic E-state index is 0.739. The molecule has 0 fully saturated rings. The van der Waals surface area contributed by atoms with Gasteiger partial charge in [0.1, 0.15) is 4.32 Å². The molecule has 1 rings (SSSR count). The molecular weight excluding hydrogens is 240 g/mol. The van der Waals surface area contributed by atoms with E-state index in [1.165, 1.54) is 0 Å². The van der Waals surface area contributed by atoms with Gasteiger partial charge in [0.2, 0.25) is 0 Å². The minimum atomic E-state index is -1.57. The van der Waals surface area contributed by atoms with E-state index in [4.69, 9.17) is 11.6 Å². The second-order valence-corrected chi connectivity index (χ2v) is 3.54. The molecule has 0 saturated carbocycles. The largest absolute Gasteiger partial charge is 0.203 e. The molecule has 0 nitrogen and oxygen atoms in total. The first kappa shape index (κ1) is 11.4. The fourth-order valence-electron chi connectivity index (χ4n) is 0.914. The quantitative estimate of drug-likeness (QED) is 0.315. The molecule has 0 radical (unpaired) electrons. The van der Waals surface area contributed by atoms with Crippen LogP contribution in [0.2, 0.25) is 0 Å². The maximum atomic E-state index is 13.0. The Morgan fingerprint density at radius 2 is 1.36 bits per heavy atom. The predicted molar refractivity (Wildman–Crippen MR) is 48.6 cm³/mol. The molecule has 1 aromatic carbocycles. The smallest absolute Gasteiger partial charge is 0.171 e. The Kier molecular flexibility index (Phi) is 3.11. The zero-order valence-electron chi connectivity index (χ0n) is 6.80. The Labute approximate surface area is 87.5 Å². The summed E-state index contributed by atoms with van der Waals surface area (Å²) in [5, 5.41) is 0. The van der Waals surface area contributed by atoms with E-state index >= 15 is 0 Å². The van der Waals surface area contributed by atoms with Gasteiger partial charge in [-0.2, -0.15) is 0 Å². The molecule has 0 aromatic heterocycles. The van der Waals surface area contributed by atoms with Crippen LogP contribution in [0.4, 0.5) is 17.6 Å². The first-order chi connectivity index (χ1) is 6.37. The molecular formula is C8H3ClF4S. The van der Waals surface area contributed by atoms with Crippen molar-refractivity contribution < 1.29 is 17.6 Å². The Bertz CT molecular complexity index is 387. The Hall–Kier alpha value is -0.680. The van der Waals surface area contributed by atoms with Gasteiger partial charge in [0.25, 0.3) is 0 Å². The van der Waals surface area contributed by atoms with Gasteiger partial charge in [-0.15, -0.1) is 0 Å². The molecule has 0 aliphatic carbocycles. The van der Waals surface area contributed by atoms with Gasteiger partial charge in [-0.3, -0.25) is 0 Å². The van der Waals surface area contributed by atoms with Gasteiger partial charge in [0.05, 0.1) is 5.56 Å². The Balaban J connectivity index is 3.68. The molecule has 1 aromatic rings. The monoisotopic (exact) mass is 242 g/mol. The second-order valence-electron chi connectivity index (χ2n) is 2.53. The molecule has 0 bridgehead atoms. The maximum Gasteiger partial charge on any atom is 0.171 e. The highest BCUT2D eigenvalue weighted by Crippen LogP contribution is 2.24. The highest BCUT2D eigenvalue weighted by molar-refractivity contribution is 7.83. The van der Waals surface area contributed by atoms with Crippen molar-refractivity contribution in [1.82, 2.24) is 0 Å². The van der Waals surface area contributed by atoms with Crippen molar-refractivity contribution in [3.8, 4) is 0 Å². The van der Waals surface area contributed by atoms with Crippen molar-refractivity contribution in [3.05, 3.63) is 34.4 Å². The van der Waals surface area contributed by atoms with Gasteiger partial charge in [-0.05, 0) is 6.92 Å². The zero-order valence-corrected chi connectivity index (χ0v) is 8.37. The molecule has 0 aliphatic heterocycles. The summed E-state index contributed by atoms with van der Waals surface area (Å²) >= 11 is 9.38. The topological polar surface area (TPSA) is 0 Å². The summed E-state index contributed by atoms with van der Waals surface area (Å²) in [5.41, 5.74) is -1.78. The van der Waals surface area contributed by atoms with Gasteiger partial charge < -0.3 is 0 Å². The SMILES string of the molecule is Cc1c(F)c(F)c(C(=S)Cl)c(F)c1F. The highest BCUT2D eigenvalue weighted by atomic mass is 35.5. The third-order valence-corrected chi connectivity index (χ3v) is 2.07. The lowest BCUT2D eigenvalue weighted by molar-refractivity contribution is 0.443. The molecule has 0 unspecified atom stereocenters. The normalized spacial score (nSPS) is 10.4. The summed E-state index contributed by atoms with van der Waals surface area (Å²) in [5.74, 6) is -6.10. The van der Waals surface area contributed by atoms with Crippen LogP contribution in [0.1, 0.15) is 11.1 Å². The van der Waals surface area contributed by atoms with Crippen LogP contribution in [-0.2, 0) is 0 Å². The summed E-state index contributed by atoms with van der Waals surface area (Å²) in [6.45, 7) is 0.915. The van der Waals surface area contributed by atoms with Crippen LogP contribution in [0.5, 0.6) is 0 Å². The molecule has 14 heavy (non-hydrogen) atoms. The van der Waals surface area contributed by atoms with Crippen LogP contribution in [0.25, 0.3) is 0 Å². The van der Waals surface area contributed by atoms with Gasteiger partial charge in [0.15, 0.2) is 23.3 Å². The molecule has 0 atom stereocenters. The van der Waals surface area contributed by atoms with E-state index in [9.17, 15) is 17.6 Å². The average Bonchev–Trinajstić information content (AvgIpc) is 2.11. The van der Waals surface area contributed by atoms with Crippen molar-refractivity contribution in [2.45, 2.75) is 6.92 Å². The third-order valence-electron chi connectivity index (χ3n) is 1.68. The van der Waals surface area contributed by atoms with Crippen LogP contribution >= 0.6 is 23.8 Å².